The van der Waals surface area contributed by atoms with Crippen molar-refractivity contribution in [3.05, 3.63) is 17.5 Å². The predicted molar refractivity (Wildman–Crippen MR) is 90.8 cm³/mol. The number of amides is 2. The Balaban J connectivity index is 1.32. The van der Waals surface area contributed by atoms with Gasteiger partial charge in [-0.3, -0.25) is 5.10 Å². The third-order valence-electron chi connectivity index (χ3n) is 6.34. The van der Waals surface area contributed by atoms with Gasteiger partial charge in [-0.05, 0) is 51.0 Å². The number of urea groups is 1. The molecule has 132 valence electrons. The predicted octanol–water partition coefficient (Wildman–Crippen LogP) is 2.30. The zero-order valence-corrected chi connectivity index (χ0v) is 14.4. The van der Waals surface area contributed by atoms with E-state index in [0.717, 1.165) is 32.3 Å². The van der Waals surface area contributed by atoms with Gasteiger partial charge in [-0.1, -0.05) is 12.8 Å². The van der Waals surface area contributed by atoms with E-state index in [1.54, 1.807) is 0 Å². The number of hydrogen-bond acceptors (Lipinski definition) is 3. The highest BCUT2D eigenvalue weighted by Gasteiger charge is 2.57. The lowest BCUT2D eigenvalue weighted by Crippen LogP contribution is -2.65. The monoisotopic (exact) mass is 332 g/mol. The van der Waals surface area contributed by atoms with Gasteiger partial charge >= 0.3 is 6.03 Å². The van der Waals surface area contributed by atoms with Crippen molar-refractivity contribution in [3.63, 3.8) is 0 Å². The van der Waals surface area contributed by atoms with E-state index in [1.165, 1.54) is 36.9 Å². The number of carbonyl (C=O) groups excluding carboxylic acids is 1. The lowest BCUT2D eigenvalue weighted by atomic mass is 9.60. The minimum Gasteiger partial charge on any atom is -0.378 e. The number of rotatable bonds is 4. The van der Waals surface area contributed by atoms with E-state index < -0.39 is 0 Å². The summed E-state index contributed by atoms with van der Waals surface area (Å²) in [5.41, 5.74) is 2.65. The van der Waals surface area contributed by atoms with Crippen LogP contribution in [0, 0.1) is 5.41 Å². The van der Waals surface area contributed by atoms with E-state index in [9.17, 15) is 4.79 Å². The molecule has 1 aromatic heterocycles. The highest BCUT2D eigenvalue weighted by atomic mass is 16.5. The Hall–Kier alpha value is -1.56. The number of fused-ring (bicyclic) bond motifs is 1. The first-order valence-electron chi connectivity index (χ1n) is 9.41. The summed E-state index contributed by atoms with van der Waals surface area (Å²) in [6.07, 6.45) is 10.9. The number of nitrogens with one attached hydrogen (secondary N) is 3. The quantitative estimate of drug-likeness (QED) is 0.791. The Kier molecular flexibility index (Phi) is 4.24. The molecule has 0 aliphatic heterocycles. The molecule has 1 heterocycles. The van der Waals surface area contributed by atoms with E-state index in [4.69, 9.17) is 4.74 Å². The van der Waals surface area contributed by atoms with Crippen LogP contribution in [0.15, 0.2) is 6.20 Å². The summed E-state index contributed by atoms with van der Waals surface area (Å²) in [5.74, 6) is 0. The van der Waals surface area contributed by atoms with E-state index in [0.29, 0.717) is 6.10 Å². The third kappa shape index (κ3) is 2.70. The van der Waals surface area contributed by atoms with Crippen LogP contribution in [0.3, 0.4) is 0 Å². The average Bonchev–Trinajstić information content (AvgIpc) is 3.24. The molecule has 0 saturated heterocycles. The average molecular weight is 332 g/mol. The van der Waals surface area contributed by atoms with Crippen molar-refractivity contribution in [2.75, 3.05) is 6.61 Å². The van der Waals surface area contributed by atoms with Crippen LogP contribution < -0.4 is 10.6 Å². The lowest BCUT2D eigenvalue weighted by Gasteiger charge is -2.54. The zero-order valence-electron chi connectivity index (χ0n) is 14.4. The molecular weight excluding hydrogens is 304 g/mol. The molecule has 1 aromatic rings. The van der Waals surface area contributed by atoms with Crippen LogP contribution >= 0.6 is 0 Å². The summed E-state index contributed by atoms with van der Waals surface area (Å²) in [6.45, 7) is 2.82. The topological polar surface area (TPSA) is 79.0 Å². The maximum atomic E-state index is 12.5. The van der Waals surface area contributed by atoms with E-state index in [2.05, 4.69) is 27.8 Å². The smallest absolute Gasteiger partial charge is 0.315 e. The van der Waals surface area contributed by atoms with Crippen LogP contribution in [0.2, 0.25) is 0 Å². The van der Waals surface area contributed by atoms with Crippen molar-refractivity contribution in [1.82, 2.24) is 20.8 Å². The van der Waals surface area contributed by atoms with Crippen LogP contribution in [0.5, 0.6) is 0 Å². The summed E-state index contributed by atoms with van der Waals surface area (Å²) in [7, 11) is 0. The van der Waals surface area contributed by atoms with E-state index in [-0.39, 0.29) is 23.5 Å². The van der Waals surface area contributed by atoms with Crippen molar-refractivity contribution in [3.8, 4) is 0 Å². The molecule has 2 fully saturated rings. The minimum absolute atomic E-state index is 0.0156. The van der Waals surface area contributed by atoms with Gasteiger partial charge in [-0.25, -0.2) is 4.79 Å². The van der Waals surface area contributed by atoms with Gasteiger partial charge in [0.15, 0.2) is 0 Å². The van der Waals surface area contributed by atoms with Crippen molar-refractivity contribution in [2.24, 2.45) is 5.41 Å². The van der Waals surface area contributed by atoms with Crippen molar-refractivity contribution in [1.29, 1.82) is 0 Å². The second kappa shape index (κ2) is 6.39. The van der Waals surface area contributed by atoms with Crippen molar-refractivity contribution < 1.29 is 9.53 Å². The molecule has 0 radical (unpaired) electrons. The fraction of sp³-hybridized carbons (Fsp3) is 0.778. The summed E-state index contributed by atoms with van der Waals surface area (Å²) in [5, 5.41) is 13.6. The first kappa shape index (κ1) is 15.9. The SMILES string of the molecule is CCOC1CC(NC(=O)NC2CCc3[nH]ncc3C2)C12CCCC2. The Bertz CT molecular complexity index is 594. The second-order valence-corrected chi connectivity index (χ2v) is 7.60. The van der Waals surface area contributed by atoms with Crippen LogP contribution in [-0.2, 0) is 17.6 Å². The van der Waals surface area contributed by atoms with Gasteiger partial charge in [0.25, 0.3) is 0 Å². The Morgan fingerprint density at radius 3 is 3.04 bits per heavy atom. The maximum Gasteiger partial charge on any atom is 0.315 e. The number of H-pyrrole nitrogens is 1. The first-order valence-corrected chi connectivity index (χ1v) is 9.41. The molecule has 3 aliphatic carbocycles. The standard InChI is InChI=1S/C18H28N4O2/c1-2-24-16-10-15(18(16)7-3-4-8-18)21-17(23)20-13-5-6-14-12(9-13)11-19-22-14/h11,13,15-16H,2-10H2,1H3,(H,19,22)(H2,20,21,23). The number of hydrogen-bond donors (Lipinski definition) is 3. The molecule has 0 aromatic carbocycles. The molecule has 3 unspecified atom stereocenters. The Morgan fingerprint density at radius 1 is 1.42 bits per heavy atom. The van der Waals surface area contributed by atoms with Gasteiger partial charge in [0.2, 0.25) is 0 Å². The lowest BCUT2D eigenvalue weighted by molar-refractivity contribution is -0.126. The van der Waals surface area contributed by atoms with Gasteiger partial charge in [-0.2, -0.15) is 5.10 Å². The highest BCUT2D eigenvalue weighted by Crippen LogP contribution is 2.54. The molecule has 3 N–H and O–H groups in total. The number of nitrogens with zero attached hydrogens (tertiary/aromatic N) is 1. The van der Waals surface area contributed by atoms with Crippen LogP contribution in [0.25, 0.3) is 0 Å². The molecule has 6 nitrogen and oxygen atoms in total. The molecule has 2 amide bonds. The second-order valence-electron chi connectivity index (χ2n) is 7.60. The van der Waals surface area contributed by atoms with Crippen LogP contribution in [-0.4, -0.2) is 41.0 Å². The molecule has 24 heavy (non-hydrogen) atoms. The highest BCUT2D eigenvalue weighted by molar-refractivity contribution is 5.75. The van der Waals surface area contributed by atoms with Gasteiger partial charge in [0, 0.05) is 29.8 Å². The number of carbonyl (C=O) groups is 1. The molecule has 3 aliphatic rings. The molecule has 1 spiro atoms. The third-order valence-corrected chi connectivity index (χ3v) is 6.34. The molecule has 4 rings (SSSR count). The van der Waals surface area contributed by atoms with Gasteiger partial charge in [0.1, 0.15) is 0 Å². The number of ether oxygens (including phenoxy) is 1. The summed E-state index contributed by atoms with van der Waals surface area (Å²) in [4.78, 5) is 12.5. The van der Waals surface area contributed by atoms with E-state index >= 15 is 0 Å². The van der Waals surface area contributed by atoms with Gasteiger partial charge < -0.3 is 15.4 Å². The number of aromatic nitrogens is 2. The normalized spacial score (nSPS) is 30.6. The molecule has 0 bridgehead atoms. The van der Waals surface area contributed by atoms with Crippen LogP contribution in [0.4, 0.5) is 4.79 Å². The van der Waals surface area contributed by atoms with Crippen molar-refractivity contribution in [2.45, 2.75) is 76.5 Å². The molecule has 6 heteroatoms. The maximum absolute atomic E-state index is 12.5. The summed E-state index contributed by atoms with van der Waals surface area (Å²) >= 11 is 0. The summed E-state index contributed by atoms with van der Waals surface area (Å²) < 4.78 is 5.93. The largest absolute Gasteiger partial charge is 0.378 e. The van der Waals surface area contributed by atoms with Crippen molar-refractivity contribution >= 4 is 6.03 Å². The van der Waals surface area contributed by atoms with Crippen LogP contribution in [0.1, 0.15) is 56.7 Å². The first-order chi connectivity index (χ1) is 11.7. The zero-order chi connectivity index (χ0) is 16.6. The van der Waals surface area contributed by atoms with Gasteiger partial charge in [0.05, 0.1) is 12.3 Å². The number of aryl methyl sites for hydroxylation is 1. The Labute approximate surface area is 143 Å². The van der Waals surface area contributed by atoms with Gasteiger partial charge in [-0.15, -0.1) is 0 Å². The fourth-order valence-electron chi connectivity index (χ4n) is 5.01. The molecule has 2 saturated carbocycles. The fourth-order valence-corrected chi connectivity index (χ4v) is 5.01. The Morgan fingerprint density at radius 2 is 2.25 bits per heavy atom. The molecular formula is C18H28N4O2. The van der Waals surface area contributed by atoms with E-state index in [1.807, 2.05) is 6.20 Å². The number of aromatic amines is 1. The molecule has 3 atom stereocenters. The minimum atomic E-state index is -0.0156. The summed E-state index contributed by atoms with van der Waals surface area (Å²) in [6, 6.07) is 0.459.